The number of hydrogen-bond donors (Lipinski definition) is 1. The minimum Gasteiger partial charge on any atom is -0.316 e. The first-order valence-corrected chi connectivity index (χ1v) is 6.98. The average molecular weight is 258 g/mol. The van der Waals surface area contributed by atoms with Gasteiger partial charge in [0, 0.05) is 12.6 Å². The molecule has 0 bridgehead atoms. The second-order valence-electron chi connectivity index (χ2n) is 5.33. The van der Waals surface area contributed by atoms with Crippen molar-refractivity contribution in [2.45, 2.75) is 26.8 Å². The van der Waals surface area contributed by atoms with Crippen molar-refractivity contribution in [1.82, 2.24) is 9.88 Å². The number of hydrogen-bond acceptors (Lipinski definition) is 2. The van der Waals surface area contributed by atoms with E-state index in [1.54, 1.807) is 6.07 Å². The molecule has 0 radical (unpaired) electrons. The number of aryl methyl sites for hydroxylation is 1. The largest absolute Gasteiger partial charge is 0.316 e. The molecule has 0 aliphatic rings. The second kappa shape index (κ2) is 6.53. The van der Waals surface area contributed by atoms with E-state index in [2.05, 4.69) is 19.2 Å². The maximum absolute atomic E-state index is 11.9. The third-order valence-electron chi connectivity index (χ3n) is 3.19. The Morgan fingerprint density at radius 3 is 2.74 bits per heavy atom. The Morgan fingerprint density at radius 1 is 1.16 bits per heavy atom. The lowest BCUT2D eigenvalue weighted by atomic mass is 10.2. The first-order chi connectivity index (χ1) is 9.18. The van der Waals surface area contributed by atoms with Crippen LogP contribution in [0, 0.1) is 5.92 Å². The van der Waals surface area contributed by atoms with Crippen molar-refractivity contribution in [3.8, 4) is 0 Å². The van der Waals surface area contributed by atoms with Gasteiger partial charge in [0.15, 0.2) is 0 Å². The van der Waals surface area contributed by atoms with Crippen LogP contribution in [0.2, 0.25) is 0 Å². The lowest BCUT2D eigenvalue weighted by Gasteiger charge is -2.11. The van der Waals surface area contributed by atoms with Crippen LogP contribution in [-0.2, 0) is 6.54 Å². The number of nitrogens with zero attached hydrogens (tertiary/aromatic N) is 1. The van der Waals surface area contributed by atoms with E-state index in [0.717, 1.165) is 37.0 Å². The van der Waals surface area contributed by atoms with Crippen LogP contribution in [0.15, 0.2) is 41.2 Å². The summed E-state index contributed by atoms with van der Waals surface area (Å²) in [4.78, 5) is 11.9. The van der Waals surface area contributed by atoms with Crippen molar-refractivity contribution < 1.29 is 0 Å². The van der Waals surface area contributed by atoms with Gasteiger partial charge in [-0.2, -0.15) is 0 Å². The maximum Gasteiger partial charge on any atom is 0.251 e. The Hall–Kier alpha value is -1.61. The molecule has 1 heterocycles. The predicted molar refractivity (Wildman–Crippen MR) is 80.5 cm³/mol. The molecule has 0 saturated heterocycles. The van der Waals surface area contributed by atoms with Crippen molar-refractivity contribution in [2.24, 2.45) is 5.92 Å². The molecule has 1 aromatic heterocycles. The smallest absolute Gasteiger partial charge is 0.251 e. The summed E-state index contributed by atoms with van der Waals surface area (Å²) in [5, 5.41) is 4.53. The van der Waals surface area contributed by atoms with Crippen molar-refractivity contribution >= 4 is 10.9 Å². The number of rotatable bonds is 6. The third-order valence-corrected chi connectivity index (χ3v) is 3.19. The van der Waals surface area contributed by atoms with E-state index in [0.29, 0.717) is 5.92 Å². The standard InChI is InChI=1S/C16H22N2O/c1-13(2)12-17-10-5-11-18-15-7-4-3-6-14(15)8-9-16(18)19/h3-4,6-9,13,17H,5,10-12H2,1-2H3. The third kappa shape index (κ3) is 3.67. The lowest BCUT2D eigenvalue weighted by molar-refractivity contribution is 0.522. The maximum atomic E-state index is 11.9. The SMILES string of the molecule is CC(C)CNCCCn1c(=O)ccc2ccccc21. The van der Waals surface area contributed by atoms with E-state index in [1.807, 2.05) is 34.9 Å². The molecule has 1 N–H and O–H groups in total. The lowest BCUT2D eigenvalue weighted by Crippen LogP contribution is -2.24. The first kappa shape index (κ1) is 13.8. The number of nitrogens with one attached hydrogen (secondary N) is 1. The van der Waals surface area contributed by atoms with E-state index in [1.165, 1.54) is 0 Å². The van der Waals surface area contributed by atoms with Gasteiger partial charge in [-0.25, -0.2) is 0 Å². The van der Waals surface area contributed by atoms with E-state index in [-0.39, 0.29) is 5.56 Å². The molecule has 2 rings (SSSR count). The normalized spacial score (nSPS) is 11.3. The van der Waals surface area contributed by atoms with Gasteiger partial charge in [0.05, 0.1) is 5.52 Å². The summed E-state index contributed by atoms with van der Waals surface area (Å²) in [5.74, 6) is 0.667. The van der Waals surface area contributed by atoms with E-state index < -0.39 is 0 Å². The molecule has 0 atom stereocenters. The number of pyridine rings is 1. The molecule has 2 aromatic rings. The molecule has 0 fully saturated rings. The highest BCUT2D eigenvalue weighted by molar-refractivity contribution is 5.78. The summed E-state index contributed by atoms with van der Waals surface area (Å²) in [6.07, 6.45) is 0.973. The van der Waals surface area contributed by atoms with Gasteiger partial charge in [-0.05, 0) is 42.9 Å². The van der Waals surface area contributed by atoms with Crippen LogP contribution in [0.5, 0.6) is 0 Å². The molecule has 0 aliphatic carbocycles. The molecule has 1 aromatic carbocycles. The Labute approximate surface area is 114 Å². The molecule has 0 spiro atoms. The van der Waals surface area contributed by atoms with Gasteiger partial charge in [-0.1, -0.05) is 32.0 Å². The topological polar surface area (TPSA) is 34.0 Å². The fourth-order valence-corrected chi connectivity index (χ4v) is 2.23. The monoisotopic (exact) mass is 258 g/mol. The van der Waals surface area contributed by atoms with Gasteiger partial charge in [-0.3, -0.25) is 4.79 Å². The van der Waals surface area contributed by atoms with Gasteiger partial charge in [0.25, 0.3) is 5.56 Å². The zero-order valence-corrected chi connectivity index (χ0v) is 11.7. The molecule has 0 unspecified atom stereocenters. The highest BCUT2D eigenvalue weighted by Gasteiger charge is 2.02. The van der Waals surface area contributed by atoms with Crippen LogP contribution in [0.1, 0.15) is 20.3 Å². The minimum absolute atomic E-state index is 0.0857. The highest BCUT2D eigenvalue weighted by atomic mass is 16.1. The fraction of sp³-hybridized carbons (Fsp3) is 0.438. The van der Waals surface area contributed by atoms with Gasteiger partial charge in [0.2, 0.25) is 0 Å². The highest BCUT2D eigenvalue weighted by Crippen LogP contribution is 2.11. The number of fused-ring (bicyclic) bond motifs is 1. The van der Waals surface area contributed by atoms with E-state index in [9.17, 15) is 4.79 Å². The van der Waals surface area contributed by atoms with Crippen LogP contribution in [0.3, 0.4) is 0 Å². The minimum atomic E-state index is 0.0857. The summed E-state index contributed by atoms with van der Waals surface area (Å²) >= 11 is 0. The fourth-order valence-electron chi connectivity index (χ4n) is 2.23. The molecule has 0 saturated carbocycles. The van der Waals surface area contributed by atoms with E-state index >= 15 is 0 Å². The zero-order chi connectivity index (χ0) is 13.7. The van der Waals surface area contributed by atoms with Crippen LogP contribution < -0.4 is 10.9 Å². The van der Waals surface area contributed by atoms with Gasteiger partial charge < -0.3 is 9.88 Å². The summed E-state index contributed by atoms with van der Waals surface area (Å²) in [6.45, 7) is 7.15. The molecule has 102 valence electrons. The van der Waals surface area contributed by atoms with Crippen LogP contribution >= 0.6 is 0 Å². The molecule has 3 heteroatoms. The Bertz CT molecular complexity index is 587. The Kier molecular flexibility index (Phi) is 4.74. The molecule has 0 amide bonds. The molecule has 3 nitrogen and oxygen atoms in total. The van der Waals surface area contributed by atoms with E-state index in [4.69, 9.17) is 0 Å². The van der Waals surface area contributed by atoms with Crippen molar-refractivity contribution in [1.29, 1.82) is 0 Å². The van der Waals surface area contributed by atoms with Crippen LogP contribution in [0.4, 0.5) is 0 Å². The van der Waals surface area contributed by atoms with Crippen molar-refractivity contribution in [3.63, 3.8) is 0 Å². The molecule has 19 heavy (non-hydrogen) atoms. The molecular weight excluding hydrogens is 236 g/mol. The first-order valence-electron chi connectivity index (χ1n) is 6.98. The second-order valence-corrected chi connectivity index (χ2v) is 5.33. The summed E-state index contributed by atoms with van der Waals surface area (Å²) in [5.41, 5.74) is 1.11. The van der Waals surface area contributed by atoms with Crippen molar-refractivity contribution in [2.75, 3.05) is 13.1 Å². The molecular formula is C16H22N2O. The Morgan fingerprint density at radius 2 is 1.95 bits per heavy atom. The quantitative estimate of drug-likeness (QED) is 0.808. The average Bonchev–Trinajstić information content (AvgIpc) is 2.40. The van der Waals surface area contributed by atoms with Crippen LogP contribution in [0.25, 0.3) is 10.9 Å². The van der Waals surface area contributed by atoms with Gasteiger partial charge >= 0.3 is 0 Å². The molecule has 0 aliphatic heterocycles. The van der Waals surface area contributed by atoms with Crippen molar-refractivity contribution in [3.05, 3.63) is 46.8 Å². The number of benzene rings is 1. The summed E-state index contributed by atoms with van der Waals surface area (Å²) < 4.78 is 1.87. The van der Waals surface area contributed by atoms with Gasteiger partial charge in [0.1, 0.15) is 0 Å². The summed E-state index contributed by atoms with van der Waals surface area (Å²) in [6, 6.07) is 11.6. The number of para-hydroxylation sites is 1. The zero-order valence-electron chi connectivity index (χ0n) is 11.7. The number of aromatic nitrogens is 1. The summed E-state index contributed by atoms with van der Waals surface area (Å²) in [7, 11) is 0. The van der Waals surface area contributed by atoms with Gasteiger partial charge in [-0.15, -0.1) is 0 Å². The van der Waals surface area contributed by atoms with Crippen LogP contribution in [-0.4, -0.2) is 17.7 Å². The Balaban J connectivity index is 2.04. The predicted octanol–water partition coefficient (Wildman–Crippen LogP) is 2.64.